The maximum atomic E-state index is 11.2. The minimum absolute atomic E-state index is 0.0427. The number of carbonyl (C=O) groups is 1. The maximum Gasteiger partial charge on any atom is 0.219 e. The first-order valence-electron chi connectivity index (χ1n) is 6.36. The van der Waals surface area contributed by atoms with Crippen LogP contribution in [0.1, 0.15) is 23.6 Å². The van der Waals surface area contributed by atoms with Gasteiger partial charge in [0.05, 0.1) is 0 Å². The third-order valence-corrected chi connectivity index (χ3v) is 3.00. The molecule has 0 aliphatic rings. The number of hydrogen-bond donors (Lipinski definition) is 2. The molecule has 3 nitrogen and oxygen atoms in total. The largest absolute Gasteiger partial charge is 0.370 e. The van der Waals surface area contributed by atoms with Gasteiger partial charge in [-0.25, -0.2) is 0 Å². The lowest BCUT2D eigenvalue weighted by molar-refractivity contribution is -0.118. The van der Waals surface area contributed by atoms with Crippen LogP contribution in [0.15, 0.2) is 60.7 Å². The van der Waals surface area contributed by atoms with Crippen LogP contribution < -0.4 is 11.1 Å². The Morgan fingerprint density at radius 1 is 1.00 bits per heavy atom. The number of hydrogen-bond acceptors (Lipinski definition) is 2. The summed E-state index contributed by atoms with van der Waals surface area (Å²) >= 11 is 0. The van der Waals surface area contributed by atoms with Crippen LogP contribution in [0.5, 0.6) is 0 Å². The van der Waals surface area contributed by atoms with E-state index in [4.69, 9.17) is 5.73 Å². The van der Waals surface area contributed by atoms with Crippen LogP contribution in [-0.4, -0.2) is 5.91 Å². The van der Waals surface area contributed by atoms with Crippen LogP contribution in [0.3, 0.4) is 0 Å². The third kappa shape index (κ3) is 4.23. The lowest BCUT2D eigenvalue weighted by atomic mass is 10.0. The minimum atomic E-state index is -0.297. The Bertz CT molecular complexity index is 511. The molecule has 0 saturated heterocycles. The first-order valence-corrected chi connectivity index (χ1v) is 6.36. The summed E-state index contributed by atoms with van der Waals surface area (Å²) < 4.78 is 0. The van der Waals surface area contributed by atoms with Gasteiger partial charge in [-0.3, -0.25) is 4.79 Å². The van der Waals surface area contributed by atoms with Crippen LogP contribution in [0.25, 0.3) is 0 Å². The molecule has 1 unspecified atom stereocenters. The molecule has 1 atom stereocenters. The fourth-order valence-corrected chi connectivity index (χ4v) is 2.03. The van der Waals surface area contributed by atoms with Crippen LogP contribution in [0.2, 0.25) is 0 Å². The van der Waals surface area contributed by atoms with Gasteiger partial charge in [-0.05, 0) is 11.1 Å². The lowest BCUT2D eigenvalue weighted by Gasteiger charge is -2.18. The normalized spacial score (nSPS) is 12.0. The van der Waals surface area contributed by atoms with Crippen LogP contribution in [0, 0.1) is 0 Å². The second kappa shape index (κ2) is 6.71. The Morgan fingerprint density at radius 3 is 2.16 bits per heavy atom. The molecule has 0 bridgehead atoms. The molecule has 3 N–H and O–H groups in total. The van der Waals surface area contributed by atoms with Gasteiger partial charge in [0.25, 0.3) is 0 Å². The summed E-state index contributed by atoms with van der Waals surface area (Å²) in [4.78, 5) is 11.2. The average molecular weight is 254 g/mol. The molecule has 3 heteroatoms. The molecular weight excluding hydrogens is 236 g/mol. The van der Waals surface area contributed by atoms with Crippen molar-refractivity contribution in [3.05, 3.63) is 71.8 Å². The van der Waals surface area contributed by atoms with Crippen molar-refractivity contribution in [1.82, 2.24) is 5.32 Å². The average Bonchev–Trinajstić information content (AvgIpc) is 2.45. The molecule has 2 aromatic rings. The SMILES string of the molecule is NC(=O)CC(NCc1ccccc1)c1ccccc1. The number of rotatable bonds is 6. The van der Waals surface area contributed by atoms with Crippen molar-refractivity contribution in [2.45, 2.75) is 19.0 Å². The maximum absolute atomic E-state index is 11.2. The number of nitrogens with one attached hydrogen (secondary N) is 1. The highest BCUT2D eigenvalue weighted by Gasteiger charge is 2.13. The standard InChI is InChI=1S/C16H18N2O/c17-16(19)11-15(14-9-5-2-6-10-14)18-12-13-7-3-1-4-8-13/h1-10,15,18H,11-12H2,(H2,17,19). The molecule has 0 heterocycles. The predicted octanol–water partition coefficient (Wildman–Crippen LogP) is 2.39. The molecule has 0 spiro atoms. The lowest BCUT2D eigenvalue weighted by Crippen LogP contribution is -2.26. The van der Waals surface area contributed by atoms with Crippen molar-refractivity contribution in [2.24, 2.45) is 5.73 Å². The van der Waals surface area contributed by atoms with E-state index >= 15 is 0 Å². The molecule has 0 aliphatic carbocycles. The molecular formula is C16H18N2O. The highest BCUT2D eigenvalue weighted by molar-refractivity contribution is 5.74. The Morgan fingerprint density at radius 2 is 1.58 bits per heavy atom. The molecule has 2 rings (SSSR count). The highest BCUT2D eigenvalue weighted by atomic mass is 16.1. The third-order valence-electron chi connectivity index (χ3n) is 3.00. The van der Waals surface area contributed by atoms with Crippen molar-refractivity contribution in [3.63, 3.8) is 0 Å². The summed E-state index contributed by atoms with van der Waals surface area (Å²) in [5.41, 5.74) is 7.59. The fourth-order valence-electron chi connectivity index (χ4n) is 2.03. The zero-order valence-corrected chi connectivity index (χ0v) is 10.8. The summed E-state index contributed by atoms with van der Waals surface area (Å²) in [6.45, 7) is 0.716. The molecule has 98 valence electrons. The molecule has 0 radical (unpaired) electrons. The van der Waals surface area contributed by atoms with Crippen LogP contribution in [-0.2, 0) is 11.3 Å². The van der Waals surface area contributed by atoms with E-state index in [1.165, 1.54) is 5.56 Å². The minimum Gasteiger partial charge on any atom is -0.370 e. The number of amides is 1. The van der Waals surface area contributed by atoms with Gasteiger partial charge in [0, 0.05) is 19.0 Å². The van der Waals surface area contributed by atoms with Crippen molar-refractivity contribution < 1.29 is 4.79 Å². The fraction of sp³-hybridized carbons (Fsp3) is 0.188. The first-order chi connectivity index (χ1) is 9.25. The van der Waals surface area contributed by atoms with E-state index in [1.807, 2.05) is 48.5 Å². The Balaban J connectivity index is 2.04. The summed E-state index contributed by atoms with van der Waals surface area (Å²) in [7, 11) is 0. The molecule has 1 amide bonds. The van der Waals surface area contributed by atoms with E-state index in [0.717, 1.165) is 5.56 Å². The molecule has 0 aliphatic heterocycles. The van der Waals surface area contributed by atoms with Crippen LogP contribution >= 0.6 is 0 Å². The summed E-state index contributed by atoms with van der Waals surface area (Å²) in [6.07, 6.45) is 0.302. The van der Waals surface area contributed by atoms with E-state index in [9.17, 15) is 4.79 Å². The zero-order chi connectivity index (χ0) is 13.5. The van der Waals surface area contributed by atoms with Gasteiger partial charge in [0.1, 0.15) is 0 Å². The highest BCUT2D eigenvalue weighted by Crippen LogP contribution is 2.16. The number of primary amides is 1. The first kappa shape index (κ1) is 13.3. The van der Waals surface area contributed by atoms with E-state index in [2.05, 4.69) is 17.4 Å². The van der Waals surface area contributed by atoms with E-state index in [1.54, 1.807) is 0 Å². The predicted molar refractivity (Wildman–Crippen MR) is 76.3 cm³/mol. The van der Waals surface area contributed by atoms with Gasteiger partial charge in [0.15, 0.2) is 0 Å². The summed E-state index contributed by atoms with van der Waals surface area (Å²) in [6, 6.07) is 20.0. The molecule has 0 fully saturated rings. The van der Waals surface area contributed by atoms with Crippen LogP contribution in [0.4, 0.5) is 0 Å². The van der Waals surface area contributed by atoms with Gasteiger partial charge >= 0.3 is 0 Å². The molecule has 2 aromatic carbocycles. The summed E-state index contributed by atoms with van der Waals surface area (Å²) in [5, 5.41) is 3.38. The number of nitrogens with two attached hydrogens (primary N) is 1. The topological polar surface area (TPSA) is 55.1 Å². The van der Waals surface area contributed by atoms with Gasteiger partial charge in [0.2, 0.25) is 5.91 Å². The second-order valence-electron chi connectivity index (χ2n) is 4.50. The van der Waals surface area contributed by atoms with Crippen molar-refractivity contribution >= 4 is 5.91 Å². The Kier molecular flexibility index (Phi) is 4.70. The van der Waals surface area contributed by atoms with E-state index < -0.39 is 0 Å². The van der Waals surface area contributed by atoms with Gasteiger partial charge in [-0.1, -0.05) is 60.7 Å². The van der Waals surface area contributed by atoms with E-state index in [-0.39, 0.29) is 11.9 Å². The Labute approximate surface area is 113 Å². The summed E-state index contributed by atoms with van der Waals surface area (Å²) in [5.74, 6) is -0.297. The van der Waals surface area contributed by atoms with Gasteiger partial charge in [-0.2, -0.15) is 0 Å². The Hall–Kier alpha value is -2.13. The number of carbonyl (C=O) groups excluding carboxylic acids is 1. The number of benzene rings is 2. The zero-order valence-electron chi connectivity index (χ0n) is 10.8. The van der Waals surface area contributed by atoms with Gasteiger partial charge < -0.3 is 11.1 Å². The van der Waals surface area contributed by atoms with Crippen molar-refractivity contribution in [3.8, 4) is 0 Å². The monoisotopic (exact) mass is 254 g/mol. The molecule has 19 heavy (non-hydrogen) atoms. The molecule has 0 aromatic heterocycles. The van der Waals surface area contributed by atoms with Gasteiger partial charge in [-0.15, -0.1) is 0 Å². The second-order valence-corrected chi connectivity index (χ2v) is 4.50. The van der Waals surface area contributed by atoms with E-state index in [0.29, 0.717) is 13.0 Å². The van der Waals surface area contributed by atoms with Crippen molar-refractivity contribution in [2.75, 3.05) is 0 Å². The molecule has 0 saturated carbocycles. The smallest absolute Gasteiger partial charge is 0.219 e. The van der Waals surface area contributed by atoms with Crippen molar-refractivity contribution in [1.29, 1.82) is 0 Å². The quantitative estimate of drug-likeness (QED) is 0.831.